The smallest absolute Gasteiger partial charge is 0.131 e. The third-order valence-electron chi connectivity index (χ3n) is 4.22. The van der Waals surface area contributed by atoms with Crippen LogP contribution in [0.5, 0.6) is 0 Å². The van der Waals surface area contributed by atoms with Crippen molar-refractivity contribution in [1.29, 1.82) is 0 Å². The standard InChI is InChI=1S/C19H23FN4/c20-17-9-5-4-8-16(17)13-22-19-12-18(23-14-24-19)21-11-10-15-6-2-1-3-7-15/h4-6,8-9,12,14H,1-3,7,10-11,13H2,(H2,21,22,23,24). The fourth-order valence-corrected chi connectivity index (χ4v) is 2.86. The highest BCUT2D eigenvalue weighted by atomic mass is 19.1. The number of aromatic nitrogens is 2. The molecule has 0 bridgehead atoms. The van der Waals surface area contributed by atoms with Gasteiger partial charge in [-0.15, -0.1) is 0 Å². The Bertz CT molecular complexity index is 699. The van der Waals surface area contributed by atoms with Gasteiger partial charge in [0.2, 0.25) is 0 Å². The summed E-state index contributed by atoms with van der Waals surface area (Å²) >= 11 is 0. The minimum atomic E-state index is -0.210. The van der Waals surface area contributed by atoms with Crippen molar-refractivity contribution in [1.82, 2.24) is 9.97 Å². The van der Waals surface area contributed by atoms with E-state index < -0.39 is 0 Å². The van der Waals surface area contributed by atoms with Gasteiger partial charge in [-0.25, -0.2) is 14.4 Å². The summed E-state index contributed by atoms with van der Waals surface area (Å²) in [6.45, 7) is 1.27. The van der Waals surface area contributed by atoms with Crippen molar-refractivity contribution < 1.29 is 4.39 Å². The molecule has 0 aliphatic heterocycles. The molecule has 24 heavy (non-hydrogen) atoms. The minimum Gasteiger partial charge on any atom is -0.370 e. The van der Waals surface area contributed by atoms with E-state index in [-0.39, 0.29) is 5.82 Å². The topological polar surface area (TPSA) is 49.8 Å². The van der Waals surface area contributed by atoms with Crippen LogP contribution in [0.1, 0.15) is 37.7 Å². The molecule has 0 saturated heterocycles. The Hall–Kier alpha value is -2.43. The predicted octanol–water partition coefficient (Wildman–Crippen LogP) is 4.53. The second-order valence-corrected chi connectivity index (χ2v) is 6.02. The molecule has 0 spiro atoms. The number of benzene rings is 1. The number of allylic oxidation sites excluding steroid dienone is 1. The van der Waals surface area contributed by atoms with Gasteiger partial charge in [-0.05, 0) is 38.2 Å². The maximum atomic E-state index is 13.6. The van der Waals surface area contributed by atoms with Crippen LogP contribution in [0.4, 0.5) is 16.0 Å². The highest BCUT2D eigenvalue weighted by molar-refractivity contribution is 5.46. The van der Waals surface area contributed by atoms with Gasteiger partial charge in [0.05, 0.1) is 0 Å². The van der Waals surface area contributed by atoms with Crippen molar-refractivity contribution >= 4 is 11.6 Å². The Morgan fingerprint density at radius 1 is 1.04 bits per heavy atom. The Morgan fingerprint density at radius 3 is 2.67 bits per heavy atom. The number of anilines is 2. The van der Waals surface area contributed by atoms with Gasteiger partial charge < -0.3 is 10.6 Å². The number of hydrogen-bond acceptors (Lipinski definition) is 4. The SMILES string of the molecule is Fc1ccccc1CNc1cc(NCCC2=CCCCC2)ncn1. The predicted molar refractivity (Wildman–Crippen MR) is 95.4 cm³/mol. The number of halogens is 1. The summed E-state index contributed by atoms with van der Waals surface area (Å²) in [6, 6.07) is 8.60. The van der Waals surface area contributed by atoms with E-state index >= 15 is 0 Å². The molecule has 0 amide bonds. The van der Waals surface area contributed by atoms with Crippen molar-refractivity contribution in [3.05, 3.63) is 59.7 Å². The van der Waals surface area contributed by atoms with E-state index in [9.17, 15) is 4.39 Å². The van der Waals surface area contributed by atoms with Gasteiger partial charge in [-0.1, -0.05) is 29.8 Å². The summed E-state index contributed by atoms with van der Waals surface area (Å²) in [6.07, 6.45) is 10.0. The Morgan fingerprint density at radius 2 is 1.88 bits per heavy atom. The van der Waals surface area contributed by atoms with Crippen molar-refractivity contribution in [2.45, 2.75) is 38.6 Å². The summed E-state index contributed by atoms with van der Waals surface area (Å²) in [5.41, 5.74) is 2.16. The molecule has 2 aromatic rings. The lowest BCUT2D eigenvalue weighted by Crippen LogP contribution is -2.08. The number of nitrogens with one attached hydrogen (secondary N) is 2. The number of rotatable bonds is 7. The molecule has 1 aliphatic carbocycles. The first-order valence-corrected chi connectivity index (χ1v) is 8.52. The third kappa shape index (κ3) is 4.78. The molecule has 0 saturated carbocycles. The fraction of sp³-hybridized carbons (Fsp3) is 0.368. The van der Waals surface area contributed by atoms with Crippen LogP contribution in [0.2, 0.25) is 0 Å². The van der Waals surface area contributed by atoms with Gasteiger partial charge in [0.25, 0.3) is 0 Å². The Kier molecular flexibility index (Phi) is 5.77. The van der Waals surface area contributed by atoms with E-state index in [0.717, 1.165) is 18.8 Å². The van der Waals surface area contributed by atoms with Crippen LogP contribution in [0.15, 0.2) is 48.3 Å². The molecule has 2 N–H and O–H groups in total. The van der Waals surface area contributed by atoms with Gasteiger partial charge in [-0.2, -0.15) is 0 Å². The second kappa shape index (κ2) is 8.43. The van der Waals surface area contributed by atoms with Crippen LogP contribution >= 0.6 is 0 Å². The van der Waals surface area contributed by atoms with Crippen LogP contribution in [0, 0.1) is 5.82 Å². The minimum absolute atomic E-state index is 0.210. The summed E-state index contributed by atoms with van der Waals surface area (Å²) in [5, 5.41) is 6.48. The monoisotopic (exact) mass is 326 g/mol. The zero-order chi connectivity index (χ0) is 16.6. The van der Waals surface area contributed by atoms with Crippen molar-refractivity contribution in [2.24, 2.45) is 0 Å². The van der Waals surface area contributed by atoms with Crippen LogP contribution in [-0.2, 0) is 6.54 Å². The van der Waals surface area contributed by atoms with E-state index in [4.69, 9.17) is 0 Å². The van der Waals surface area contributed by atoms with Crippen LogP contribution in [0.3, 0.4) is 0 Å². The first-order valence-electron chi connectivity index (χ1n) is 8.52. The number of hydrogen-bond donors (Lipinski definition) is 2. The maximum Gasteiger partial charge on any atom is 0.131 e. The summed E-state index contributed by atoms with van der Waals surface area (Å²) in [7, 11) is 0. The van der Waals surface area contributed by atoms with E-state index in [1.807, 2.05) is 12.1 Å². The summed E-state index contributed by atoms with van der Waals surface area (Å²) < 4.78 is 13.6. The van der Waals surface area contributed by atoms with Crippen LogP contribution < -0.4 is 10.6 Å². The average Bonchev–Trinajstić information content (AvgIpc) is 2.62. The molecule has 4 nitrogen and oxygen atoms in total. The molecule has 126 valence electrons. The number of nitrogens with zero attached hydrogens (tertiary/aromatic N) is 2. The third-order valence-corrected chi connectivity index (χ3v) is 4.22. The van der Waals surface area contributed by atoms with E-state index in [2.05, 4.69) is 26.7 Å². The van der Waals surface area contributed by atoms with Crippen molar-refractivity contribution in [2.75, 3.05) is 17.2 Å². The molecule has 3 rings (SSSR count). The van der Waals surface area contributed by atoms with E-state index in [1.54, 1.807) is 17.7 Å². The molecular formula is C19H23FN4. The van der Waals surface area contributed by atoms with Crippen molar-refractivity contribution in [3.63, 3.8) is 0 Å². The van der Waals surface area contributed by atoms with Gasteiger partial charge >= 0.3 is 0 Å². The molecule has 5 heteroatoms. The van der Waals surface area contributed by atoms with Crippen LogP contribution in [-0.4, -0.2) is 16.5 Å². The molecular weight excluding hydrogens is 303 g/mol. The van der Waals surface area contributed by atoms with Gasteiger partial charge in [0, 0.05) is 24.7 Å². The first kappa shape index (κ1) is 16.4. The second-order valence-electron chi connectivity index (χ2n) is 6.02. The lowest BCUT2D eigenvalue weighted by molar-refractivity contribution is 0.613. The van der Waals surface area contributed by atoms with E-state index in [1.165, 1.54) is 38.1 Å². The lowest BCUT2D eigenvalue weighted by atomic mass is 9.97. The molecule has 0 unspecified atom stereocenters. The highest BCUT2D eigenvalue weighted by Crippen LogP contribution is 2.20. The molecule has 1 aliphatic rings. The van der Waals surface area contributed by atoms with Crippen LogP contribution in [0.25, 0.3) is 0 Å². The Labute approximate surface area is 142 Å². The quantitative estimate of drug-likeness (QED) is 0.734. The Balaban J connectivity index is 1.50. The highest BCUT2D eigenvalue weighted by Gasteiger charge is 2.05. The molecule has 1 aromatic carbocycles. The first-order chi connectivity index (χ1) is 11.8. The molecule has 1 heterocycles. The average molecular weight is 326 g/mol. The largest absolute Gasteiger partial charge is 0.370 e. The van der Waals surface area contributed by atoms with Crippen molar-refractivity contribution in [3.8, 4) is 0 Å². The maximum absolute atomic E-state index is 13.6. The fourth-order valence-electron chi connectivity index (χ4n) is 2.86. The van der Waals surface area contributed by atoms with Gasteiger partial charge in [0.15, 0.2) is 0 Å². The normalized spacial score (nSPS) is 14.1. The molecule has 0 radical (unpaired) electrons. The molecule has 0 fully saturated rings. The zero-order valence-corrected chi connectivity index (χ0v) is 13.8. The van der Waals surface area contributed by atoms with Gasteiger partial charge in [0.1, 0.15) is 23.8 Å². The zero-order valence-electron chi connectivity index (χ0n) is 13.8. The summed E-state index contributed by atoms with van der Waals surface area (Å²) in [4.78, 5) is 8.42. The molecule has 0 atom stereocenters. The summed E-state index contributed by atoms with van der Waals surface area (Å²) in [5.74, 6) is 1.27. The van der Waals surface area contributed by atoms with E-state index in [0.29, 0.717) is 17.9 Å². The lowest BCUT2D eigenvalue weighted by Gasteiger charge is -2.13. The molecule has 1 aromatic heterocycles. The van der Waals surface area contributed by atoms with Gasteiger partial charge in [-0.3, -0.25) is 0 Å².